The fourth-order valence-electron chi connectivity index (χ4n) is 6.18. The summed E-state index contributed by atoms with van der Waals surface area (Å²) in [5.74, 6) is 0.145. The summed E-state index contributed by atoms with van der Waals surface area (Å²) >= 11 is 0. The third kappa shape index (κ3) is 3.30. The standard InChI is InChI=1S/C25H27N5O3/c1-14-6-7-18-20(24(31)32-23(18)22-19(14)9-21-25(22,2)33-21)12-27-11-16-13-30(29-28-16)17-5-3-4-15(8-17)10-26/h3-5,8,13,18,20-23,27H,6-7,9,11-12H2,1-2H3/t18-,20-,21+,22-,23-,25+/m0/s1. The van der Waals surface area contributed by atoms with Crippen LogP contribution in [0, 0.1) is 29.1 Å². The number of nitrogens with one attached hydrogen (secondary N) is 1. The van der Waals surface area contributed by atoms with E-state index in [1.54, 1.807) is 16.8 Å². The van der Waals surface area contributed by atoms with E-state index >= 15 is 0 Å². The van der Waals surface area contributed by atoms with Crippen LogP contribution in [0.3, 0.4) is 0 Å². The number of esters is 1. The number of nitriles is 1. The van der Waals surface area contributed by atoms with Gasteiger partial charge >= 0.3 is 5.97 Å². The van der Waals surface area contributed by atoms with Crippen LogP contribution in [0.2, 0.25) is 0 Å². The number of allylic oxidation sites excluding steroid dienone is 1. The first-order chi connectivity index (χ1) is 16.0. The lowest BCUT2D eigenvalue weighted by Crippen LogP contribution is -2.37. The Labute approximate surface area is 192 Å². The number of hydrogen-bond acceptors (Lipinski definition) is 7. The van der Waals surface area contributed by atoms with Gasteiger partial charge in [0.25, 0.3) is 0 Å². The average molecular weight is 446 g/mol. The summed E-state index contributed by atoms with van der Waals surface area (Å²) in [5.41, 5.74) is 4.92. The van der Waals surface area contributed by atoms with E-state index in [1.807, 2.05) is 18.3 Å². The number of carbonyl (C=O) groups is 1. The Bertz CT molecular complexity index is 1200. The van der Waals surface area contributed by atoms with Gasteiger partial charge in [-0.2, -0.15) is 5.26 Å². The normalized spacial score (nSPS) is 34.2. The molecule has 1 saturated carbocycles. The second kappa shape index (κ2) is 7.51. The molecule has 8 heteroatoms. The minimum Gasteiger partial charge on any atom is -0.461 e. The van der Waals surface area contributed by atoms with Gasteiger partial charge in [0.2, 0.25) is 0 Å². The fourth-order valence-corrected chi connectivity index (χ4v) is 6.18. The van der Waals surface area contributed by atoms with Crippen molar-refractivity contribution in [3.63, 3.8) is 0 Å². The van der Waals surface area contributed by atoms with E-state index in [9.17, 15) is 4.79 Å². The second-order valence-corrected chi connectivity index (χ2v) is 9.94. The van der Waals surface area contributed by atoms with Crippen LogP contribution in [-0.2, 0) is 20.8 Å². The molecule has 6 rings (SSSR count). The molecule has 33 heavy (non-hydrogen) atoms. The number of benzene rings is 1. The zero-order valence-corrected chi connectivity index (χ0v) is 18.8. The van der Waals surface area contributed by atoms with Crippen LogP contribution in [0.15, 0.2) is 41.6 Å². The molecule has 0 unspecified atom stereocenters. The number of aromatic nitrogens is 3. The average Bonchev–Trinajstić information content (AvgIpc) is 3.10. The number of epoxide rings is 1. The first kappa shape index (κ1) is 20.6. The van der Waals surface area contributed by atoms with E-state index in [2.05, 4.69) is 35.5 Å². The summed E-state index contributed by atoms with van der Waals surface area (Å²) in [6, 6.07) is 9.37. The number of ether oxygens (including phenoxy) is 2. The molecule has 4 aliphatic rings. The minimum atomic E-state index is -0.161. The van der Waals surface area contributed by atoms with Crippen molar-refractivity contribution in [2.75, 3.05) is 6.54 Å². The molecule has 2 aliphatic carbocycles. The molecule has 2 aromatic rings. The third-order valence-electron chi connectivity index (χ3n) is 8.05. The number of nitrogens with zero attached hydrogens (tertiary/aromatic N) is 4. The van der Waals surface area contributed by atoms with E-state index in [1.165, 1.54) is 11.1 Å². The first-order valence-electron chi connectivity index (χ1n) is 11.7. The molecule has 2 saturated heterocycles. The zero-order valence-electron chi connectivity index (χ0n) is 18.8. The molecule has 2 aliphatic heterocycles. The van der Waals surface area contributed by atoms with Crippen molar-refractivity contribution in [3.05, 3.63) is 52.9 Å². The predicted octanol–water partition coefficient (Wildman–Crippen LogP) is 2.67. The molecule has 1 aromatic heterocycles. The largest absolute Gasteiger partial charge is 0.461 e. The molecular formula is C25H27N5O3. The van der Waals surface area contributed by atoms with E-state index in [0.717, 1.165) is 30.6 Å². The van der Waals surface area contributed by atoms with Crippen molar-refractivity contribution in [2.45, 2.75) is 57.5 Å². The molecule has 6 atom stereocenters. The monoisotopic (exact) mass is 445 g/mol. The van der Waals surface area contributed by atoms with Crippen LogP contribution in [0.4, 0.5) is 0 Å². The number of hydrogen-bond donors (Lipinski definition) is 1. The molecule has 1 N–H and O–H groups in total. The van der Waals surface area contributed by atoms with Gasteiger partial charge < -0.3 is 14.8 Å². The van der Waals surface area contributed by atoms with Crippen molar-refractivity contribution in [1.29, 1.82) is 5.26 Å². The summed E-state index contributed by atoms with van der Waals surface area (Å²) in [4.78, 5) is 12.9. The van der Waals surface area contributed by atoms with E-state index in [0.29, 0.717) is 24.8 Å². The van der Waals surface area contributed by atoms with Crippen LogP contribution in [-0.4, -0.2) is 45.3 Å². The summed E-state index contributed by atoms with van der Waals surface area (Å²) in [6.45, 7) is 5.48. The molecule has 0 amide bonds. The lowest BCUT2D eigenvalue weighted by Gasteiger charge is -2.28. The molecule has 3 heterocycles. The highest BCUT2D eigenvalue weighted by molar-refractivity contribution is 5.76. The van der Waals surface area contributed by atoms with Crippen LogP contribution < -0.4 is 5.32 Å². The van der Waals surface area contributed by atoms with Gasteiger partial charge in [0.05, 0.1) is 41.2 Å². The van der Waals surface area contributed by atoms with Crippen molar-refractivity contribution < 1.29 is 14.3 Å². The van der Waals surface area contributed by atoms with Gasteiger partial charge in [0.15, 0.2) is 0 Å². The molecule has 0 radical (unpaired) electrons. The lowest BCUT2D eigenvalue weighted by molar-refractivity contribution is -0.146. The number of fused-ring (bicyclic) bond motifs is 5. The summed E-state index contributed by atoms with van der Waals surface area (Å²) < 4.78 is 13.7. The maximum absolute atomic E-state index is 12.9. The molecular weight excluding hydrogens is 418 g/mol. The van der Waals surface area contributed by atoms with Crippen LogP contribution in [0.1, 0.15) is 44.4 Å². The van der Waals surface area contributed by atoms with Gasteiger partial charge in [-0.25, -0.2) is 4.68 Å². The molecule has 8 nitrogen and oxygen atoms in total. The molecule has 1 aromatic carbocycles. The van der Waals surface area contributed by atoms with Crippen molar-refractivity contribution in [3.8, 4) is 11.8 Å². The molecule has 0 bridgehead atoms. The van der Waals surface area contributed by atoms with Gasteiger partial charge in [-0.05, 0) is 51.3 Å². The number of rotatable bonds is 5. The van der Waals surface area contributed by atoms with Gasteiger partial charge in [-0.3, -0.25) is 4.79 Å². The van der Waals surface area contributed by atoms with Crippen molar-refractivity contribution in [1.82, 2.24) is 20.3 Å². The smallest absolute Gasteiger partial charge is 0.310 e. The van der Waals surface area contributed by atoms with Crippen molar-refractivity contribution in [2.24, 2.45) is 17.8 Å². The maximum Gasteiger partial charge on any atom is 0.310 e. The van der Waals surface area contributed by atoms with Crippen molar-refractivity contribution >= 4 is 5.97 Å². The molecule has 3 fully saturated rings. The topological polar surface area (TPSA) is 105 Å². The van der Waals surface area contributed by atoms with E-state index < -0.39 is 0 Å². The van der Waals surface area contributed by atoms with Gasteiger partial charge in [-0.1, -0.05) is 22.4 Å². The fraction of sp³-hybridized carbons (Fsp3) is 0.520. The third-order valence-corrected chi connectivity index (χ3v) is 8.05. The summed E-state index contributed by atoms with van der Waals surface area (Å²) in [7, 11) is 0. The second-order valence-electron chi connectivity index (χ2n) is 9.94. The Balaban J connectivity index is 1.12. The number of carbonyl (C=O) groups excluding carboxylic acids is 1. The van der Waals surface area contributed by atoms with Gasteiger partial charge in [-0.15, -0.1) is 5.10 Å². The highest BCUT2D eigenvalue weighted by atomic mass is 16.6. The Kier molecular flexibility index (Phi) is 4.68. The van der Waals surface area contributed by atoms with Crippen LogP contribution >= 0.6 is 0 Å². The predicted molar refractivity (Wildman–Crippen MR) is 118 cm³/mol. The van der Waals surface area contributed by atoms with Crippen LogP contribution in [0.5, 0.6) is 0 Å². The first-order valence-corrected chi connectivity index (χ1v) is 11.7. The Hall–Kier alpha value is -3.02. The van der Waals surface area contributed by atoms with Gasteiger partial charge in [0, 0.05) is 24.9 Å². The Morgan fingerprint density at radius 2 is 2.27 bits per heavy atom. The molecule has 0 spiro atoms. The summed E-state index contributed by atoms with van der Waals surface area (Å²) in [6.07, 6.45) is 5.04. The molecule has 170 valence electrons. The highest BCUT2D eigenvalue weighted by Gasteiger charge is 2.69. The highest BCUT2D eigenvalue weighted by Crippen LogP contribution is 2.62. The SMILES string of the molecule is CC1=C2C[C@H]3O[C@@]3(C)[C@@H]2[C@H]2OC(=O)[C@@H](CNCc3cn(-c4cccc(C#N)c4)nn3)[C@@H]2CC1. The Morgan fingerprint density at radius 3 is 3.12 bits per heavy atom. The lowest BCUT2D eigenvalue weighted by atomic mass is 9.78. The maximum atomic E-state index is 12.9. The zero-order chi connectivity index (χ0) is 22.7. The van der Waals surface area contributed by atoms with Gasteiger partial charge in [0.1, 0.15) is 11.7 Å². The quantitative estimate of drug-likeness (QED) is 0.428. The van der Waals surface area contributed by atoms with E-state index in [-0.39, 0.29) is 35.4 Å². The van der Waals surface area contributed by atoms with E-state index in [4.69, 9.17) is 14.7 Å². The minimum absolute atomic E-state index is 0.0810. The Morgan fingerprint density at radius 1 is 1.39 bits per heavy atom. The van der Waals surface area contributed by atoms with Crippen LogP contribution in [0.25, 0.3) is 5.69 Å². The summed E-state index contributed by atoms with van der Waals surface area (Å²) in [5, 5.41) is 20.9.